The van der Waals surface area contributed by atoms with Crippen molar-refractivity contribution in [3.63, 3.8) is 0 Å². The van der Waals surface area contributed by atoms with Crippen LogP contribution in [0.2, 0.25) is 0 Å². The molecule has 1 aromatic heterocycles. The van der Waals surface area contributed by atoms with Gasteiger partial charge < -0.3 is 0 Å². The highest BCUT2D eigenvalue weighted by molar-refractivity contribution is 7.89. The van der Waals surface area contributed by atoms with E-state index in [4.69, 9.17) is 4.84 Å². The Hall–Kier alpha value is -0.920. The first-order valence-corrected chi connectivity index (χ1v) is 5.80. The molecule has 1 N–H and O–H groups in total. The number of hydrogen-bond donors (Lipinski definition) is 1. The van der Waals surface area contributed by atoms with Crippen LogP contribution in [0.4, 0.5) is 0 Å². The highest BCUT2D eigenvalue weighted by Crippen LogP contribution is 2.17. The Morgan fingerprint density at radius 3 is 2.93 bits per heavy atom. The van der Waals surface area contributed by atoms with Crippen molar-refractivity contribution in [2.45, 2.75) is 17.7 Å². The number of nitrogens with zero attached hydrogens (tertiary/aromatic N) is 2. The van der Waals surface area contributed by atoms with Crippen molar-refractivity contribution in [2.24, 2.45) is 0 Å². The van der Waals surface area contributed by atoms with Crippen molar-refractivity contribution in [2.75, 3.05) is 13.2 Å². The quantitative estimate of drug-likeness (QED) is 0.763. The number of H-pyrrole nitrogens is 1. The lowest BCUT2D eigenvalue weighted by atomic mass is 10.3. The van der Waals surface area contributed by atoms with Crippen LogP contribution >= 0.6 is 0 Å². The number of nitrogens with one attached hydrogen (secondary N) is 1. The van der Waals surface area contributed by atoms with Crippen LogP contribution < -0.4 is 0 Å². The van der Waals surface area contributed by atoms with Crippen LogP contribution in [0.1, 0.15) is 12.8 Å². The smallest absolute Gasteiger partial charge is 0.268 e. The summed E-state index contributed by atoms with van der Waals surface area (Å²) in [7, 11) is -3.50. The van der Waals surface area contributed by atoms with E-state index in [1.165, 1.54) is 12.4 Å². The monoisotopic (exact) mass is 217 g/mol. The van der Waals surface area contributed by atoms with Crippen LogP contribution in [0, 0.1) is 0 Å². The summed E-state index contributed by atoms with van der Waals surface area (Å²) in [5, 5.41) is 6.06. The zero-order chi connectivity index (χ0) is 10.0. The fourth-order valence-electron chi connectivity index (χ4n) is 1.26. The average molecular weight is 217 g/mol. The topological polar surface area (TPSA) is 75.3 Å². The van der Waals surface area contributed by atoms with Crippen LogP contribution in [0.25, 0.3) is 0 Å². The lowest BCUT2D eigenvalue weighted by Crippen LogP contribution is -2.35. The van der Waals surface area contributed by atoms with Crippen LogP contribution in [0.3, 0.4) is 0 Å². The van der Waals surface area contributed by atoms with Crippen molar-refractivity contribution >= 4 is 10.0 Å². The maximum atomic E-state index is 11.8. The van der Waals surface area contributed by atoms with Gasteiger partial charge in [0.1, 0.15) is 4.90 Å². The largest absolute Gasteiger partial charge is 0.284 e. The van der Waals surface area contributed by atoms with E-state index in [9.17, 15) is 8.42 Å². The maximum Gasteiger partial charge on any atom is 0.268 e. The summed E-state index contributed by atoms with van der Waals surface area (Å²) in [5.41, 5.74) is 0. The van der Waals surface area contributed by atoms with Gasteiger partial charge in [-0.1, -0.05) is 4.47 Å². The number of rotatable bonds is 2. The first-order valence-electron chi connectivity index (χ1n) is 4.36. The Bertz CT molecular complexity index is 380. The summed E-state index contributed by atoms with van der Waals surface area (Å²) in [4.78, 5) is 5.21. The molecule has 2 rings (SSSR count). The van der Waals surface area contributed by atoms with Crippen LogP contribution in [0.15, 0.2) is 17.3 Å². The molecule has 7 heteroatoms. The lowest BCUT2D eigenvalue weighted by Gasteiger charge is -2.24. The first kappa shape index (κ1) is 9.63. The molecule has 1 aliphatic rings. The molecule has 0 aromatic carbocycles. The molecule has 1 saturated heterocycles. The molecule has 0 bridgehead atoms. The van der Waals surface area contributed by atoms with E-state index in [2.05, 4.69) is 10.2 Å². The van der Waals surface area contributed by atoms with Gasteiger partial charge in [-0.05, 0) is 12.8 Å². The average Bonchev–Trinajstić information content (AvgIpc) is 2.72. The minimum atomic E-state index is -3.50. The van der Waals surface area contributed by atoms with Gasteiger partial charge in [0, 0.05) is 12.7 Å². The molecule has 0 atom stereocenters. The highest BCUT2D eigenvalue weighted by atomic mass is 32.2. The van der Waals surface area contributed by atoms with Crippen LogP contribution in [-0.2, 0) is 14.9 Å². The number of aromatic amines is 1. The number of sulfonamides is 1. The highest BCUT2D eigenvalue weighted by Gasteiger charge is 2.27. The third-order valence-electron chi connectivity index (χ3n) is 2.01. The van der Waals surface area contributed by atoms with E-state index >= 15 is 0 Å². The Morgan fingerprint density at radius 2 is 2.36 bits per heavy atom. The molecule has 0 saturated carbocycles. The molecular formula is C7H11N3O3S. The minimum Gasteiger partial charge on any atom is -0.284 e. The van der Waals surface area contributed by atoms with Gasteiger partial charge in [0.2, 0.25) is 0 Å². The molecule has 0 spiro atoms. The molecule has 0 radical (unpaired) electrons. The number of aromatic nitrogens is 2. The molecule has 6 nitrogen and oxygen atoms in total. The minimum absolute atomic E-state index is 0.138. The summed E-state index contributed by atoms with van der Waals surface area (Å²) in [6.45, 7) is 0.866. The molecule has 78 valence electrons. The Balaban J connectivity index is 2.23. The van der Waals surface area contributed by atoms with E-state index < -0.39 is 10.0 Å². The van der Waals surface area contributed by atoms with E-state index in [-0.39, 0.29) is 4.90 Å². The second-order valence-electron chi connectivity index (χ2n) is 3.01. The van der Waals surface area contributed by atoms with Gasteiger partial charge in [-0.3, -0.25) is 9.94 Å². The van der Waals surface area contributed by atoms with Gasteiger partial charge in [0.25, 0.3) is 10.0 Å². The number of hydroxylamine groups is 1. The van der Waals surface area contributed by atoms with Crippen molar-refractivity contribution < 1.29 is 13.3 Å². The first-order chi connectivity index (χ1) is 6.71. The van der Waals surface area contributed by atoms with Crippen molar-refractivity contribution in [3.05, 3.63) is 12.4 Å². The molecule has 0 amide bonds. The van der Waals surface area contributed by atoms with E-state index in [1.807, 2.05) is 0 Å². The molecule has 2 heterocycles. The third-order valence-corrected chi connectivity index (χ3v) is 3.65. The fourth-order valence-corrected chi connectivity index (χ4v) is 2.47. The van der Waals surface area contributed by atoms with Gasteiger partial charge in [0.15, 0.2) is 0 Å². The van der Waals surface area contributed by atoms with Crippen molar-refractivity contribution in [1.29, 1.82) is 0 Å². The second kappa shape index (κ2) is 3.68. The number of hydrogen-bond acceptors (Lipinski definition) is 4. The molecular weight excluding hydrogens is 206 g/mol. The third kappa shape index (κ3) is 1.66. The molecule has 1 fully saturated rings. The summed E-state index contributed by atoms with van der Waals surface area (Å²) in [6.07, 6.45) is 4.34. The molecule has 1 aliphatic heterocycles. The van der Waals surface area contributed by atoms with Crippen molar-refractivity contribution in [3.8, 4) is 0 Å². The predicted octanol–water partition coefficient (Wildman–Crippen LogP) is 0.126. The zero-order valence-electron chi connectivity index (χ0n) is 7.51. The van der Waals surface area contributed by atoms with Gasteiger partial charge in [0.05, 0.1) is 12.8 Å². The van der Waals surface area contributed by atoms with Crippen LogP contribution in [0.5, 0.6) is 0 Å². The molecule has 14 heavy (non-hydrogen) atoms. The van der Waals surface area contributed by atoms with Gasteiger partial charge in [-0.15, -0.1) is 0 Å². The van der Waals surface area contributed by atoms with Crippen molar-refractivity contribution in [1.82, 2.24) is 14.7 Å². The molecule has 1 aromatic rings. The standard InChI is InChI=1S/C7H11N3O3S/c11-14(12,7-5-8-9-6-7)10-3-1-2-4-13-10/h5-6H,1-4H2,(H,8,9). The Kier molecular flexibility index (Phi) is 2.53. The zero-order valence-corrected chi connectivity index (χ0v) is 8.33. The second-order valence-corrected chi connectivity index (χ2v) is 4.83. The Morgan fingerprint density at radius 1 is 1.50 bits per heavy atom. The summed E-state index contributed by atoms with van der Waals surface area (Å²) < 4.78 is 24.6. The molecule has 0 aliphatic carbocycles. The van der Waals surface area contributed by atoms with Crippen LogP contribution in [-0.4, -0.2) is 36.2 Å². The predicted molar refractivity (Wildman–Crippen MR) is 47.7 cm³/mol. The van der Waals surface area contributed by atoms with E-state index in [0.29, 0.717) is 13.2 Å². The lowest BCUT2D eigenvalue weighted by molar-refractivity contribution is -0.108. The van der Waals surface area contributed by atoms with E-state index in [0.717, 1.165) is 17.3 Å². The summed E-state index contributed by atoms with van der Waals surface area (Å²) in [6, 6.07) is 0. The normalized spacial score (nSPS) is 19.7. The molecule has 0 unspecified atom stereocenters. The maximum absolute atomic E-state index is 11.8. The van der Waals surface area contributed by atoms with E-state index in [1.54, 1.807) is 0 Å². The van der Waals surface area contributed by atoms with Gasteiger partial charge >= 0.3 is 0 Å². The van der Waals surface area contributed by atoms with Gasteiger partial charge in [-0.2, -0.15) is 5.10 Å². The summed E-state index contributed by atoms with van der Waals surface area (Å²) >= 11 is 0. The SMILES string of the molecule is O=S(=O)(c1cn[nH]c1)N1CCCCO1. The Labute approximate surface area is 81.9 Å². The summed E-state index contributed by atoms with van der Waals surface area (Å²) in [5.74, 6) is 0. The fraction of sp³-hybridized carbons (Fsp3) is 0.571. The van der Waals surface area contributed by atoms with Gasteiger partial charge in [-0.25, -0.2) is 8.42 Å².